The van der Waals surface area contributed by atoms with E-state index in [1.165, 1.54) is 6.07 Å². The Labute approximate surface area is 127 Å². The third-order valence-corrected chi connectivity index (χ3v) is 3.83. The fraction of sp³-hybridized carbons (Fsp3) is 0.125. The number of aryl methyl sites for hydroxylation is 1. The number of rotatable bonds is 3. The summed E-state index contributed by atoms with van der Waals surface area (Å²) in [5.41, 5.74) is 2.01. The van der Waals surface area contributed by atoms with Crippen LogP contribution in [-0.2, 0) is 0 Å². The lowest BCUT2D eigenvalue weighted by Gasteiger charge is -2.11. The molecular formula is C16H11Cl2NO. The highest BCUT2D eigenvalue weighted by atomic mass is 35.5. The van der Waals surface area contributed by atoms with Crippen LogP contribution < -0.4 is 0 Å². The maximum Gasteiger partial charge on any atom is 0.184 e. The van der Waals surface area contributed by atoms with Gasteiger partial charge < -0.3 is 0 Å². The largest absolute Gasteiger partial charge is 0.292 e. The van der Waals surface area contributed by atoms with Crippen molar-refractivity contribution in [1.82, 2.24) is 0 Å². The molecular weight excluding hydrogens is 293 g/mol. The van der Waals surface area contributed by atoms with Gasteiger partial charge in [-0.1, -0.05) is 47.5 Å². The Balaban J connectivity index is 2.42. The second-order valence-electron chi connectivity index (χ2n) is 4.41. The molecule has 0 aliphatic rings. The predicted molar refractivity (Wildman–Crippen MR) is 80.3 cm³/mol. The van der Waals surface area contributed by atoms with Crippen molar-refractivity contribution in [1.29, 1.82) is 5.26 Å². The van der Waals surface area contributed by atoms with E-state index in [1.54, 1.807) is 18.2 Å². The van der Waals surface area contributed by atoms with Gasteiger partial charge in [0.15, 0.2) is 5.78 Å². The molecule has 1 atom stereocenters. The Morgan fingerprint density at radius 2 is 1.85 bits per heavy atom. The molecule has 0 amide bonds. The Morgan fingerprint density at radius 3 is 2.45 bits per heavy atom. The summed E-state index contributed by atoms with van der Waals surface area (Å²) in [6, 6.07) is 14.1. The Morgan fingerprint density at radius 1 is 1.15 bits per heavy atom. The van der Waals surface area contributed by atoms with Crippen molar-refractivity contribution in [3.63, 3.8) is 0 Å². The zero-order valence-electron chi connectivity index (χ0n) is 10.7. The zero-order valence-corrected chi connectivity index (χ0v) is 12.2. The number of hydrogen-bond acceptors (Lipinski definition) is 2. The third kappa shape index (κ3) is 2.85. The molecule has 0 radical (unpaired) electrons. The average molecular weight is 304 g/mol. The van der Waals surface area contributed by atoms with Gasteiger partial charge >= 0.3 is 0 Å². The Bertz CT molecular complexity index is 704. The van der Waals surface area contributed by atoms with Crippen LogP contribution >= 0.6 is 23.2 Å². The number of Topliss-reactive ketones (excluding diaryl/α,β-unsaturated/α-hetero) is 1. The van der Waals surface area contributed by atoms with Gasteiger partial charge in [0.1, 0.15) is 5.92 Å². The van der Waals surface area contributed by atoms with Gasteiger partial charge in [-0.2, -0.15) is 5.26 Å². The monoisotopic (exact) mass is 303 g/mol. The number of hydrogen-bond donors (Lipinski definition) is 0. The smallest absolute Gasteiger partial charge is 0.184 e. The minimum absolute atomic E-state index is 0.277. The molecule has 2 rings (SSSR count). The predicted octanol–water partition coefficient (Wildman–Crippen LogP) is 4.79. The average Bonchev–Trinajstić information content (AvgIpc) is 2.44. The number of halogens is 2. The fourth-order valence-corrected chi connectivity index (χ4v) is 2.29. The maximum absolute atomic E-state index is 12.5. The fourth-order valence-electron chi connectivity index (χ4n) is 2.00. The topological polar surface area (TPSA) is 40.9 Å². The lowest BCUT2D eigenvalue weighted by molar-refractivity contribution is 0.0978. The first-order valence-corrected chi connectivity index (χ1v) is 6.74. The van der Waals surface area contributed by atoms with Gasteiger partial charge in [0.25, 0.3) is 0 Å². The summed E-state index contributed by atoms with van der Waals surface area (Å²) in [4.78, 5) is 12.5. The Kier molecular flexibility index (Phi) is 4.44. The molecule has 0 saturated carbocycles. The first-order chi connectivity index (χ1) is 9.54. The van der Waals surface area contributed by atoms with Crippen LogP contribution in [0.2, 0.25) is 10.0 Å². The normalized spacial score (nSPS) is 11.7. The van der Waals surface area contributed by atoms with Crippen LogP contribution in [0.4, 0.5) is 0 Å². The molecule has 20 heavy (non-hydrogen) atoms. The van der Waals surface area contributed by atoms with Crippen molar-refractivity contribution < 1.29 is 4.79 Å². The molecule has 2 nitrogen and oxygen atoms in total. The summed E-state index contributed by atoms with van der Waals surface area (Å²) in [6.07, 6.45) is 0. The molecule has 0 bridgehead atoms. The number of nitriles is 1. The standard InChI is InChI=1S/C16H11Cl2NO/c1-10-4-2-3-5-12(10)13(9-19)16(20)11-6-7-14(17)15(18)8-11/h2-8,13H,1H3. The maximum atomic E-state index is 12.5. The lowest BCUT2D eigenvalue weighted by Crippen LogP contribution is -2.12. The molecule has 0 N–H and O–H groups in total. The van der Waals surface area contributed by atoms with Crippen molar-refractivity contribution in [2.75, 3.05) is 0 Å². The summed E-state index contributed by atoms with van der Waals surface area (Å²) >= 11 is 11.7. The molecule has 2 aromatic carbocycles. The molecule has 0 aliphatic heterocycles. The summed E-state index contributed by atoms with van der Waals surface area (Å²) < 4.78 is 0. The van der Waals surface area contributed by atoms with E-state index in [9.17, 15) is 10.1 Å². The van der Waals surface area contributed by atoms with Gasteiger partial charge in [0.2, 0.25) is 0 Å². The van der Waals surface area contributed by atoms with Crippen molar-refractivity contribution in [2.45, 2.75) is 12.8 Å². The first-order valence-electron chi connectivity index (χ1n) is 5.99. The van der Waals surface area contributed by atoms with Crippen molar-refractivity contribution in [2.24, 2.45) is 0 Å². The van der Waals surface area contributed by atoms with Crippen LogP contribution in [0, 0.1) is 18.3 Å². The molecule has 0 aromatic heterocycles. The molecule has 0 saturated heterocycles. The SMILES string of the molecule is Cc1ccccc1C(C#N)C(=O)c1ccc(Cl)c(Cl)c1. The molecule has 0 fully saturated rings. The van der Waals surface area contributed by atoms with E-state index in [4.69, 9.17) is 23.2 Å². The highest BCUT2D eigenvalue weighted by Crippen LogP contribution is 2.27. The molecule has 100 valence electrons. The van der Waals surface area contributed by atoms with Crippen LogP contribution in [0.15, 0.2) is 42.5 Å². The van der Waals surface area contributed by atoms with Gasteiger partial charge in [-0.15, -0.1) is 0 Å². The quantitative estimate of drug-likeness (QED) is 0.765. The second kappa shape index (κ2) is 6.09. The van der Waals surface area contributed by atoms with E-state index in [0.717, 1.165) is 5.56 Å². The number of carbonyl (C=O) groups excluding carboxylic acids is 1. The minimum Gasteiger partial charge on any atom is -0.292 e. The second-order valence-corrected chi connectivity index (χ2v) is 5.23. The molecule has 0 aliphatic carbocycles. The summed E-state index contributed by atoms with van der Waals surface area (Å²) in [5.74, 6) is -1.12. The van der Waals surface area contributed by atoms with Crippen LogP contribution in [0.25, 0.3) is 0 Å². The molecule has 0 spiro atoms. The van der Waals surface area contributed by atoms with Crippen LogP contribution in [-0.4, -0.2) is 5.78 Å². The van der Waals surface area contributed by atoms with Crippen molar-refractivity contribution in [3.05, 3.63) is 69.2 Å². The van der Waals surface area contributed by atoms with E-state index in [0.29, 0.717) is 21.2 Å². The molecule has 2 aromatic rings. The highest BCUT2D eigenvalue weighted by molar-refractivity contribution is 6.42. The zero-order chi connectivity index (χ0) is 14.7. The van der Waals surface area contributed by atoms with Gasteiger partial charge in [0.05, 0.1) is 16.1 Å². The third-order valence-electron chi connectivity index (χ3n) is 3.09. The van der Waals surface area contributed by atoms with Gasteiger partial charge in [-0.3, -0.25) is 4.79 Å². The minimum atomic E-state index is -0.839. The molecule has 0 heterocycles. The highest BCUT2D eigenvalue weighted by Gasteiger charge is 2.23. The van der Waals surface area contributed by atoms with E-state index < -0.39 is 5.92 Å². The van der Waals surface area contributed by atoms with Crippen molar-refractivity contribution >= 4 is 29.0 Å². The van der Waals surface area contributed by atoms with Crippen LogP contribution in [0.5, 0.6) is 0 Å². The number of ketones is 1. The first kappa shape index (κ1) is 14.6. The number of carbonyl (C=O) groups is 1. The molecule has 4 heteroatoms. The van der Waals surface area contributed by atoms with Crippen LogP contribution in [0.1, 0.15) is 27.4 Å². The number of benzene rings is 2. The molecule has 1 unspecified atom stereocenters. The summed E-state index contributed by atoms with van der Waals surface area (Å²) in [7, 11) is 0. The lowest BCUT2D eigenvalue weighted by atomic mass is 9.89. The summed E-state index contributed by atoms with van der Waals surface area (Å²) in [6.45, 7) is 1.88. The van der Waals surface area contributed by atoms with Crippen molar-refractivity contribution in [3.8, 4) is 6.07 Å². The van der Waals surface area contributed by atoms with E-state index >= 15 is 0 Å². The van der Waals surface area contributed by atoms with E-state index in [-0.39, 0.29) is 5.78 Å². The number of nitrogens with zero attached hydrogens (tertiary/aromatic N) is 1. The van der Waals surface area contributed by atoms with Crippen LogP contribution in [0.3, 0.4) is 0 Å². The van der Waals surface area contributed by atoms with Gasteiger partial charge in [0, 0.05) is 5.56 Å². The Hall–Kier alpha value is -1.82. The van der Waals surface area contributed by atoms with Gasteiger partial charge in [-0.05, 0) is 36.2 Å². The van der Waals surface area contributed by atoms with E-state index in [2.05, 4.69) is 6.07 Å². The summed E-state index contributed by atoms with van der Waals surface area (Å²) in [5, 5.41) is 10.0. The van der Waals surface area contributed by atoms with Gasteiger partial charge in [-0.25, -0.2) is 0 Å². The van der Waals surface area contributed by atoms with E-state index in [1.807, 2.05) is 25.1 Å².